The van der Waals surface area contributed by atoms with Gasteiger partial charge in [0.25, 0.3) is 0 Å². The summed E-state index contributed by atoms with van der Waals surface area (Å²) in [5.41, 5.74) is 5.76. The Morgan fingerprint density at radius 3 is 2.55 bits per heavy atom. The van der Waals surface area contributed by atoms with E-state index in [1.165, 1.54) is 16.7 Å². The Balaban J connectivity index is 1.73. The fraction of sp³-hybridized carbons (Fsp3) is 0.174. The Bertz CT molecular complexity index is 1110. The summed E-state index contributed by atoms with van der Waals surface area (Å²) in [6, 6.07) is 18.4. The van der Waals surface area contributed by atoms with Crippen LogP contribution in [-0.2, 0) is 5.75 Å². The topological polar surface area (TPSA) is 52.8 Å². The molecule has 0 amide bonds. The highest BCUT2D eigenvalue weighted by molar-refractivity contribution is 7.98. The Morgan fingerprint density at radius 2 is 1.83 bits per heavy atom. The first-order valence-corrected chi connectivity index (χ1v) is 10.3. The first-order chi connectivity index (χ1) is 14.2. The van der Waals surface area contributed by atoms with E-state index in [1.54, 1.807) is 25.1 Å². The van der Waals surface area contributed by atoms with E-state index in [4.69, 9.17) is 4.74 Å². The van der Waals surface area contributed by atoms with Gasteiger partial charge in [-0.05, 0) is 61.4 Å². The summed E-state index contributed by atoms with van der Waals surface area (Å²) >= 11 is 1.68. The van der Waals surface area contributed by atoms with Crippen LogP contribution in [0.2, 0.25) is 0 Å². The lowest BCUT2D eigenvalue weighted by atomic mass is 10.1. The van der Waals surface area contributed by atoms with Crippen molar-refractivity contribution in [1.29, 1.82) is 0 Å². The van der Waals surface area contributed by atoms with Gasteiger partial charge < -0.3 is 4.74 Å². The van der Waals surface area contributed by atoms with Crippen LogP contribution in [0.25, 0.3) is 17.1 Å². The molecule has 2 heterocycles. The number of methoxy groups -OCH3 is 1. The van der Waals surface area contributed by atoms with Gasteiger partial charge in [-0.25, -0.2) is 0 Å². The highest BCUT2D eigenvalue weighted by Crippen LogP contribution is 2.31. The molecule has 6 heteroatoms. The maximum Gasteiger partial charge on any atom is 0.196 e. The molecule has 2 aromatic heterocycles. The van der Waals surface area contributed by atoms with E-state index in [0.717, 1.165) is 33.7 Å². The SMILES string of the molecule is COc1ccc(-n2c(SCc3cc(C)ccc3C)nnc2-c2cccnc2)cc1. The molecular formula is C23H22N4OS. The molecule has 4 aromatic rings. The lowest BCUT2D eigenvalue weighted by molar-refractivity contribution is 0.414. The Morgan fingerprint density at radius 1 is 1.00 bits per heavy atom. The second-order valence-electron chi connectivity index (χ2n) is 6.80. The number of benzene rings is 2. The zero-order valence-electron chi connectivity index (χ0n) is 16.7. The molecule has 0 aliphatic heterocycles. The quantitative estimate of drug-likeness (QED) is 0.413. The molecule has 0 aliphatic rings. The minimum Gasteiger partial charge on any atom is -0.497 e. The number of pyridine rings is 1. The van der Waals surface area contributed by atoms with Crippen molar-refractivity contribution in [3.05, 3.63) is 83.7 Å². The van der Waals surface area contributed by atoms with Crippen molar-refractivity contribution in [1.82, 2.24) is 19.7 Å². The summed E-state index contributed by atoms with van der Waals surface area (Å²) in [6.07, 6.45) is 3.57. The van der Waals surface area contributed by atoms with Crippen LogP contribution in [0.4, 0.5) is 0 Å². The molecular weight excluding hydrogens is 380 g/mol. The van der Waals surface area contributed by atoms with Crippen LogP contribution in [0.15, 0.2) is 72.1 Å². The van der Waals surface area contributed by atoms with Gasteiger partial charge in [-0.1, -0.05) is 35.5 Å². The van der Waals surface area contributed by atoms with Crippen molar-refractivity contribution in [2.24, 2.45) is 0 Å². The van der Waals surface area contributed by atoms with Gasteiger partial charge in [0.05, 0.1) is 7.11 Å². The van der Waals surface area contributed by atoms with E-state index in [9.17, 15) is 0 Å². The third-order valence-electron chi connectivity index (χ3n) is 4.75. The van der Waals surface area contributed by atoms with Crippen molar-refractivity contribution < 1.29 is 4.74 Å². The molecule has 4 rings (SSSR count). The van der Waals surface area contributed by atoms with Gasteiger partial charge in [-0.15, -0.1) is 10.2 Å². The van der Waals surface area contributed by atoms with Gasteiger partial charge in [0, 0.05) is 29.4 Å². The number of hydrogen-bond donors (Lipinski definition) is 0. The zero-order valence-corrected chi connectivity index (χ0v) is 17.5. The minimum absolute atomic E-state index is 0.770. The van der Waals surface area contributed by atoms with E-state index >= 15 is 0 Å². The summed E-state index contributed by atoms with van der Waals surface area (Å²) in [6.45, 7) is 4.26. The number of thioether (sulfide) groups is 1. The molecule has 29 heavy (non-hydrogen) atoms. The second-order valence-corrected chi connectivity index (χ2v) is 7.74. The summed E-state index contributed by atoms with van der Waals surface area (Å²) in [5.74, 6) is 2.41. The molecule has 0 radical (unpaired) electrons. The summed E-state index contributed by atoms with van der Waals surface area (Å²) in [5, 5.41) is 9.82. The van der Waals surface area contributed by atoms with Gasteiger partial charge >= 0.3 is 0 Å². The summed E-state index contributed by atoms with van der Waals surface area (Å²) in [7, 11) is 1.67. The number of hydrogen-bond acceptors (Lipinski definition) is 5. The molecule has 2 aromatic carbocycles. The van der Waals surface area contributed by atoms with Gasteiger partial charge in [0.15, 0.2) is 11.0 Å². The fourth-order valence-corrected chi connectivity index (χ4v) is 4.12. The zero-order chi connectivity index (χ0) is 20.2. The van der Waals surface area contributed by atoms with Crippen molar-refractivity contribution in [2.45, 2.75) is 24.8 Å². The largest absolute Gasteiger partial charge is 0.497 e. The van der Waals surface area contributed by atoms with Crippen LogP contribution in [0, 0.1) is 13.8 Å². The van der Waals surface area contributed by atoms with Crippen LogP contribution < -0.4 is 4.74 Å². The van der Waals surface area contributed by atoms with Crippen LogP contribution in [0.5, 0.6) is 5.75 Å². The Kier molecular flexibility index (Phi) is 5.62. The lowest BCUT2D eigenvalue weighted by Crippen LogP contribution is -2.00. The van der Waals surface area contributed by atoms with Crippen LogP contribution in [0.3, 0.4) is 0 Å². The lowest BCUT2D eigenvalue weighted by Gasteiger charge is -2.12. The maximum absolute atomic E-state index is 5.31. The number of rotatable bonds is 6. The minimum atomic E-state index is 0.770. The van der Waals surface area contributed by atoms with Crippen molar-refractivity contribution in [3.63, 3.8) is 0 Å². The van der Waals surface area contributed by atoms with Gasteiger partial charge in [0.2, 0.25) is 0 Å². The number of aromatic nitrogens is 4. The van der Waals surface area contributed by atoms with Crippen molar-refractivity contribution in [3.8, 4) is 22.8 Å². The third-order valence-corrected chi connectivity index (χ3v) is 5.72. The van der Waals surface area contributed by atoms with E-state index < -0.39 is 0 Å². The monoisotopic (exact) mass is 402 g/mol. The van der Waals surface area contributed by atoms with E-state index in [1.807, 2.05) is 42.6 Å². The Hall–Kier alpha value is -3.12. The summed E-state index contributed by atoms with van der Waals surface area (Å²) in [4.78, 5) is 4.24. The molecule has 0 aliphatic carbocycles. The molecule has 0 N–H and O–H groups in total. The molecule has 0 atom stereocenters. The molecule has 0 spiro atoms. The molecule has 0 unspecified atom stereocenters. The fourth-order valence-electron chi connectivity index (χ4n) is 3.11. The van der Waals surface area contributed by atoms with Crippen LogP contribution in [-0.4, -0.2) is 26.9 Å². The Labute approximate surface area is 174 Å². The predicted octanol–water partition coefficient (Wildman–Crippen LogP) is 5.25. The maximum atomic E-state index is 5.31. The van der Waals surface area contributed by atoms with E-state index in [2.05, 4.69) is 51.8 Å². The van der Waals surface area contributed by atoms with Crippen molar-refractivity contribution >= 4 is 11.8 Å². The standard InChI is InChI=1S/C23H22N4OS/c1-16-6-7-17(2)19(13-16)15-29-23-26-25-22(18-5-4-12-24-14-18)27(23)20-8-10-21(28-3)11-9-20/h4-14H,15H2,1-3H3. The van der Waals surface area contributed by atoms with Gasteiger partial charge in [-0.2, -0.15) is 0 Å². The molecule has 0 saturated carbocycles. The first-order valence-electron chi connectivity index (χ1n) is 9.35. The molecule has 146 valence electrons. The van der Waals surface area contributed by atoms with Crippen molar-refractivity contribution in [2.75, 3.05) is 7.11 Å². The smallest absolute Gasteiger partial charge is 0.196 e. The first kappa shape index (κ1) is 19.2. The number of aryl methyl sites for hydroxylation is 2. The van der Waals surface area contributed by atoms with E-state index in [0.29, 0.717) is 0 Å². The average molecular weight is 403 g/mol. The highest BCUT2D eigenvalue weighted by atomic mass is 32.2. The van der Waals surface area contributed by atoms with Gasteiger partial charge in [-0.3, -0.25) is 9.55 Å². The van der Waals surface area contributed by atoms with Crippen LogP contribution in [0.1, 0.15) is 16.7 Å². The highest BCUT2D eigenvalue weighted by Gasteiger charge is 2.17. The molecule has 5 nitrogen and oxygen atoms in total. The van der Waals surface area contributed by atoms with Crippen LogP contribution >= 0.6 is 11.8 Å². The molecule has 0 saturated heterocycles. The normalized spacial score (nSPS) is 10.9. The third kappa shape index (κ3) is 4.17. The summed E-state index contributed by atoms with van der Waals surface area (Å²) < 4.78 is 7.38. The second kappa shape index (κ2) is 8.49. The molecule has 0 bridgehead atoms. The number of ether oxygens (including phenoxy) is 1. The van der Waals surface area contributed by atoms with Gasteiger partial charge in [0.1, 0.15) is 5.75 Å². The number of nitrogens with zero attached hydrogens (tertiary/aromatic N) is 4. The average Bonchev–Trinajstić information content (AvgIpc) is 3.19. The molecule has 0 fully saturated rings. The predicted molar refractivity (Wildman–Crippen MR) is 117 cm³/mol. The van der Waals surface area contributed by atoms with E-state index in [-0.39, 0.29) is 0 Å².